The Morgan fingerprint density at radius 1 is 0.710 bits per heavy atom. The minimum absolute atomic E-state index is 0. The van der Waals surface area contributed by atoms with Crippen molar-refractivity contribution in [3.05, 3.63) is 113 Å². The molecule has 1 heterocycles. The SMILES string of the molecule is Fc1ccc(C(c2ccc(F)cc2)N2CCN(C/C=C/c3ccccc3)CC2)cc1.[CaH2]. The molecule has 3 aromatic rings. The van der Waals surface area contributed by atoms with Crippen LogP contribution in [0.4, 0.5) is 8.78 Å². The van der Waals surface area contributed by atoms with E-state index in [9.17, 15) is 8.78 Å². The normalized spacial score (nSPS) is 15.3. The Labute approximate surface area is 213 Å². The van der Waals surface area contributed by atoms with Crippen LogP contribution in [0.1, 0.15) is 22.7 Å². The van der Waals surface area contributed by atoms with Crippen molar-refractivity contribution < 1.29 is 8.78 Å². The van der Waals surface area contributed by atoms with Gasteiger partial charge >= 0.3 is 37.7 Å². The van der Waals surface area contributed by atoms with Crippen LogP contribution in [0, 0.1) is 11.6 Å². The van der Waals surface area contributed by atoms with Gasteiger partial charge < -0.3 is 0 Å². The third kappa shape index (κ3) is 6.71. The number of halogens is 2. The molecule has 0 atom stereocenters. The van der Waals surface area contributed by atoms with Crippen molar-refractivity contribution >= 4 is 43.8 Å². The summed E-state index contributed by atoms with van der Waals surface area (Å²) in [7, 11) is 0. The molecule has 5 heteroatoms. The quantitative estimate of drug-likeness (QED) is 0.516. The van der Waals surface area contributed by atoms with E-state index in [2.05, 4.69) is 34.1 Å². The van der Waals surface area contributed by atoms with Crippen molar-refractivity contribution in [2.45, 2.75) is 6.04 Å². The van der Waals surface area contributed by atoms with E-state index in [0.29, 0.717) is 0 Å². The molecule has 158 valence electrons. The molecule has 2 nitrogen and oxygen atoms in total. The summed E-state index contributed by atoms with van der Waals surface area (Å²) in [5.74, 6) is -0.488. The molecule has 0 bridgehead atoms. The Morgan fingerprint density at radius 3 is 1.74 bits per heavy atom. The Bertz CT molecular complexity index is 905. The zero-order chi connectivity index (χ0) is 20.8. The van der Waals surface area contributed by atoms with Crippen LogP contribution in [-0.4, -0.2) is 80.3 Å². The second-order valence-electron chi connectivity index (χ2n) is 7.66. The Kier molecular flexibility index (Phi) is 9.24. The van der Waals surface area contributed by atoms with Gasteiger partial charge in [-0.2, -0.15) is 0 Å². The number of hydrogen-bond donors (Lipinski definition) is 0. The van der Waals surface area contributed by atoms with Crippen LogP contribution in [0.15, 0.2) is 84.9 Å². The van der Waals surface area contributed by atoms with Crippen LogP contribution in [0.3, 0.4) is 0 Å². The second kappa shape index (κ2) is 11.9. The standard InChI is InChI=1S/C26H26F2N2.Ca.2H/c27-24-12-8-22(9-13-24)26(23-10-14-25(28)15-11-23)30-19-17-29(18-20-30)16-4-7-21-5-2-1-3-6-21;;;/h1-15,26H,16-20H2;;;/b7-4+;;;. The van der Waals surface area contributed by atoms with Gasteiger partial charge in [-0.05, 0) is 41.0 Å². The Hall–Kier alpha value is -1.56. The molecule has 3 aromatic carbocycles. The molecule has 1 fully saturated rings. The third-order valence-electron chi connectivity index (χ3n) is 5.62. The van der Waals surface area contributed by atoms with Gasteiger partial charge in [0, 0.05) is 32.7 Å². The van der Waals surface area contributed by atoms with Crippen LogP contribution >= 0.6 is 0 Å². The van der Waals surface area contributed by atoms with Crippen LogP contribution < -0.4 is 0 Å². The van der Waals surface area contributed by atoms with Gasteiger partial charge in [0.25, 0.3) is 0 Å². The van der Waals surface area contributed by atoms with E-state index in [0.717, 1.165) is 43.9 Å². The Morgan fingerprint density at radius 2 is 1.23 bits per heavy atom. The molecule has 31 heavy (non-hydrogen) atoms. The van der Waals surface area contributed by atoms with Crippen LogP contribution in [-0.2, 0) is 0 Å². The van der Waals surface area contributed by atoms with Crippen molar-refractivity contribution in [3.8, 4) is 0 Å². The molecule has 0 radical (unpaired) electrons. The monoisotopic (exact) mass is 446 g/mol. The second-order valence-corrected chi connectivity index (χ2v) is 7.66. The summed E-state index contributed by atoms with van der Waals surface area (Å²) in [4.78, 5) is 4.83. The summed E-state index contributed by atoms with van der Waals surface area (Å²) in [6.07, 6.45) is 4.37. The first-order valence-corrected chi connectivity index (χ1v) is 10.4. The molecule has 0 unspecified atom stereocenters. The number of benzene rings is 3. The Balaban J connectivity index is 0.00000272. The molecule has 0 spiro atoms. The predicted molar refractivity (Wildman–Crippen MR) is 127 cm³/mol. The molecule has 0 saturated carbocycles. The summed E-state index contributed by atoms with van der Waals surface area (Å²) in [5, 5.41) is 0. The van der Waals surface area contributed by atoms with E-state index in [1.54, 1.807) is 0 Å². The van der Waals surface area contributed by atoms with Gasteiger partial charge in [0.05, 0.1) is 6.04 Å². The summed E-state index contributed by atoms with van der Waals surface area (Å²) in [6.45, 7) is 4.63. The molecule has 0 amide bonds. The van der Waals surface area contributed by atoms with E-state index >= 15 is 0 Å². The fourth-order valence-electron chi connectivity index (χ4n) is 4.01. The predicted octanol–water partition coefficient (Wildman–Crippen LogP) is 4.47. The molecule has 1 aliphatic heterocycles. The average Bonchev–Trinajstić information content (AvgIpc) is 2.78. The van der Waals surface area contributed by atoms with Gasteiger partial charge in [-0.1, -0.05) is 66.7 Å². The van der Waals surface area contributed by atoms with E-state index in [1.165, 1.54) is 29.8 Å². The van der Waals surface area contributed by atoms with Crippen molar-refractivity contribution in [2.75, 3.05) is 32.7 Å². The summed E-state index contributed by atoms with van der Waals surface area (Å²) in [6, 6.07) is 23.6. The first-order chi connectivity index (χ1) is 14.7. The van der Waals surface area contributed by atoms with E-state index < -0.39 is 0 Å². The van der Waals surface area contributed by atoms with Crippen molar-refractivity contribution in [3.63, 3.8) is 0 Å². The average molecular weight is 447 g/mol. The van der Waals surface area contributed by atoms with Crippen LogP contribution in [0.25, 0.3) is 6.08 Å². The molecular weight excluding hydrogens is 418 g/mol. The number of hydrogen-bond acceptors (Lipinski definition) is 2. The van der Waals surface area contributed by atoms with Gasteiger partial charge in [0.15, 0.2) is 0 Å². The topological polar surface area (TPSA) is 6.48 Å². The van der Waals surface area contributed by atoms with Gasteiger partial charge in [0.1, 0.15) is 11.6 Å². The van der Waals surface area contributed by atoms with Gasteiger partial charge in [-0.25, -0.2) is 8.78 Å². The number of piperazine rings is 1. The first-order valence-electron chi connectivity index (χ1n) is 10.4. The zero-order valence-corrected chi connectivity index (χ0v) is 16.9. The van der Waals surface area contributed by atoms with Gasteiger partial charge in [-0.15, -0.1) is 0 Å². The fourth-order valence-corrected chi connectivity index (χ4v) is 4.01. The first kappa shape index (κ1) is 24.1. The number of nitrogens with zero attached hydrogens (tertiary/aromatic N) is 2. The fraction of sp³-hybridized carbons (Fsp3) is 0.231. The van der Waals surface area contributed by atoms with Crippen molar-refractivity contribution in [1.29, 1.82) is 0 Å². The molecular formula is C26H28CaF2N2. The van der Waals surface area contributed by atoms with E-state index in [1.807, 2.05) is 42.5 Å². The van der Waals surface area contributed by atoms with Gasteiger partial charge in [0.2, 0.25) is 0 Å². The summed E-state index contributed by atoms with van der Waals surface area (Å²) >= 11 is 0. The maximum absolute atomic E-state index is 13.5. The maximum atomic E-state index is 13.5. The number of rotatable bonds is 6. The molecule has 1 aliphatic rings. The third-order valence-corrected chi connectivity index (χ3v) is 5.62. The van der Waals surface area contributed by atoms with Gasteiger partial charge in [-0.3, -0.25) is 9.80 Å². The molecule has 0 aliphatic carbocycles. The molecule has 0 aromatic heterocycles. The van der Waals surface area contributed by atoms with Crippen molar-refractivity contribution in [1.82, 2.24) is 9.80 Å². The summed E-state index contributed by atoms with van der Waals surface area (Å²) < 4.78 is 26.9. The molecule has 4 rings (SSSR count). The minimum atomic E-state index is -0.244. The van der Waals surface area contributed by atoms with Crippen LogP contribution in [0.5, 0.6) is 0 Å². The van der Waals surface area contributed by atoms with Crippen LogP contribution in [0.2, 0.25) is 0 Å². The van der Waals surface area contributed by atoms with E-state index in [4.69, 9.17) is 0 Å². The molecule has 0 N–H and O–H groups in total. The summed E-state index contributed by atoms with van der Waals surface area (Å²) in [5.41, 5.74) is 3.27. The van der Waals surface area contributed by atoms with E-state index in [-0.39, 0.29) is 55.4 Å². The zero-order valence-electron chi connectivity index (χ0n) is 16.9. The molecule has 1 saturated heterocycles. The van der Waals surface area contributed by atoms with Crippen molar-refractivity contribution in [2.24, 2.45) is 0 Å².